The van der Waals surface area contributed by atoms with Gasteiger partial charge in [-0.3, -0.25) is 0 Å². The van der Waals surface area contributed by atoms with Crippen molar-refractivity contribution in [3.63, 3.8) is 0 Å². The number of nitrogens with zero attached hydrogens (tertiary/aromatic N) is 1. The van der Waals surface area contributed by atoms with Gasteiger partial charge in [-0.15, -0.1) is 0 Å². The largest absolute Gasteiger partial charge is 0.496 e. The lowest BCUT2D eigenvalue weighted by Gasteiger charge is -2.37. The maximum atomic E-state index is 12.1. The molecule has 1 fully saturated rings. The van der Waals surface area contributed by atoms with E-state index in [1.54, 1.807) is 18.9 Å². The summed E-state index contributed by atoms with van der Waals surface area (Å²) in [5.41, 5.74) is 7.81. The summed E-state index contributed by atoms with van der Waals surface area (Å²) in [6, 6.07) is 5.43. The van der Waals surface area contributed by atoms with Crippen molar-refractivity contribution in [3.8, 4) is 5.75 Å². The van der Waals surface area contributed by atoms with E-state index in [4.69, 9.17) is 10.5 Å². The Morgan fingerprint density at radius 1 is 1.48 bits per heavy atom. The van der Waals surface area contributed by atoms with Gasteiger partial charge in [0.05, 0.1) is 7.11 Å². The first-order valence-electron chi connectivity index (χ1n) is 6.82. The minimum atomic E-state index is -3.16. The molecule has 0 radical (unpaired) electrons. The van der Waals surface area contributed by atoms with Crippen molar-refractivity contribution < 1.29 is 13.2 Å². The number of ether oxygens (including phenoxy) is 1. The van der Waals surface area contributed by atoms with E-state index < -0.39 is 15.2 Å². The number of anilines is 1. The zero-order valence-corrected chi connectivity index (χ0v) is 14.2. The number of thioether (sulfide) groups is 1. The Bertz CT molecular complexity index is 602. The zero-order chi connectivity index (χ0) is 15.6. The van der Waals surface area contributed by atoms with Crippen LogP contribution in [0.3, 0.4) is 0 Å². The molecule has 118 valence electrons. The lowest BCUT2D eigenvalue weighted by atomic mass is 10.0. The first kappa shape index (κ1) is 16.5. The smallest absolute Gasteiger partial charge is 0.169 e. The second-order valence-electron chi connectivity index (χ2n) is 5.23. The van der Waals surface area contributed by atoms with Crippen LogP contribution >= 0.6 is 11.8 Å². The molecule has 0 amide bonds. The van der Waals surface area contributed by atoms with E-state index in [9.17, 15) is 8.42 Å². The molecular weight excluding hydrogens is 308 g/mol. The molecule has 5 nitrogen and oxygen atoms in total. The molecule has 1 saturated heterocycles. The van der Waals surface area contributed by atoms with Gasteiger partial charge in [-0.05, 0) is 19.1 Å². The van der Waals surface area contributed by atoms with Crippen molar-refractivity contribution in [2.24, 2.45) is 5.73 Å². The molecule has 2 N–H and O–H groups in total. The van der Waals surface area contributed by atoms with Crippen LogP contribution in [0.1, 0.15) is 18.5 Å². The topological polar surface area (TPSA) is 72.6 Å². The van der Waals surface area contributed by atoms with Crippen molar-refractivity contribution in [2.45, 2.75) is 18.3 Å². The van der Waals surface area contributed by atoms with Gasteiger partial charge in [0.15, 0.2) is 9.84 Å². The summed E-state index contributed by atoms with van der Waals surface area (Å²) in [7, 11) is -1.56. The average Bonchev–Trinajstić information content (AvgIpc) is 2.45. The van der Waals surface area contributed by atoms with E-state index in [-0.39, 0.29) is 6.04 Å². The maximum absolute atomic E-state index is 12.1. The van der Waals surface area contributed by atoms with Crippen LogP contribution in [-0.4, -0.2) is 45.2 Å². The number of sulfone groups is 1. The van der Waals surface area contributed by atoms with Crippen LogP contribution in [0.25, 0.3) is 0 Å². The van der Waals surface area contributed by atoms with Gasteiger partial charge in [0.1, 0.15) is 11.1 Å². The molecular formula is C14H22N2O3S2. The van der Waals surface area contributed by atoms with Crippen LogP contribution in [0.5, 0.6) is 5.75 Å². The van der Waals surface area contributed by atoms with Gasteiger partial charge in [-0.25, -0.2) is 8.42 Å². The monoisotopic (exact) mass is 330 g/mol. The van der Waals surface area contributed by atoms with Crippen molar-refractivity contribution in [1.82, 2.24) is 0 Å². The summed E-state index contributed by atoms with van der Waals surface area (Å²) in [5, 5.41) is -0.513. The highest BCUT2D eigenvalue weighted by molar-refractivity contribution is 8.01. The molecule has 2 atom stereocenters. The summed E-state index contributed by atoms with van der Waals surface area (Å²) in [6.45, 7) is 2.57. The molecule has 1 aliphatic heterocycles. The number of methoxy groups -OCH3 is 1. The fourth-order valence-corrected chi connectivity index (χ4v) is 5.46. The number of nitrogens with two attached hydrogens (primary N) is 1. The van der Waals surface area contributed by atoms with Crippen molar-refractivity contribution in [2.75, 3.05) is 36.3 Å². The van der Waals surface area contributed by atoms with Gasteiger partial charge < -0.3 is 15.4 Å². The van der Waals surface area contributed by atoms with Gasteiger partial charge in [0.25, 0.3) is 0 Å². The number of rotatable bonds is 4. The molecule has 1 aromatic carbocycles. The highest BCUT2D eigenvalue weighted by Gasteiger charge is 2.33. The number of hydrogen-bond acceptors (Lipinski definition) is 6. The summed E-state index contributed by atoms with van der Waals surface area (Å²) in [6.07, 6.45) is 1.29. The van der Waals surface area contributed by atoms with Crippen molar-refractivity contribution in [3.05, 3.63) is 23.8 Å². The lowest BCUT2D eigenvalue weighted by molar-refractivity contribution is 0.407. The molecule has 0 bridgehead atoms. The molecule has 1 heterocycles. The third-order valence-electron chi connectivity index (χ3n) is 3.61. The minimum absolute atomic E-state index is 0.231. The van der Waals surface area contributed by atoms with E-state index in [0.29, 0.717) is 18.0 Å². The molecule has 1 aromatic rings. The minimum Gasteiger partial charge on any atom is -0.496 e. The summed E-state index contributed by atoms with van der Waals surface area (Å²) >= 11 is 1.67. The number of hydrogen-bond donors (Lipinski definition) is 1. The fraction of sp³-hybridized carbons (Fsp3) is 0.571. The Morgan fingerprint density at radius 3 is 2.76 bits per heavy atom. The van der Waals surface area contributed by atoms with Gasteiger partial charge in [-0.1, -0.05) is 6.07 Å². The molecule has 0 saturated carbocycles. The summed E-state index contributed by atoms with van der Waals surface area (Å²) in [5.74, 6) is 2.18. The SMILES string of the molecule is COc1cccc(N2CCSCC2S(C)(=O)=O)c1C(C)N. The Kier molecular flexibility index (Phi) is 5.06. The first-order chi connectivity index (χ1) is 9.86. The Morgan fingerprint density at radius 2 is 2.19 bits per heavy atom. The standard InChI is InChI=1S/C14H22N2O3S2/c1-10(15)14-11(5-4-6-12(14)19-2)16-7-8-20-9-13(16)21(3,17)18/h4-6,10,13H,7-9,15H2,1-3H3. The van der Waals surface area contributed by atoms with Crippen molar-refractivity contribution >= 4 is 27.3 Å². The van der Waals surface area contributed by atoms with Crippen LogP contribution < -0.4 is 15.4 Å². The predicted octanol–water partition coefficient (Wildman–Crippen LogP) is 1.64. The van der Waals surface area contributed by atoms with E-state index in [1.807, 2.05) is 30.0 Å². The maximum Gasteiger partial charge on any atom is 0.169 e. The highest BCUT2D eigenvalue weighted by atomic mass is 32.2. The van der Waals surface area contributed by atoms with Gasteiger partial charge in [0, 0.05) is 41.6 Å². The molecule has 0 aliphatic carbocycles. The molecule has 21 heavy (non-hydrogen) atoms. The van der Waals surface area contributed by atoms with Crippen LogP contribution in [0.2, 0.25) is 0 Å². The van der Waals surface area contributed by atoms with E-state index in [2.05, 4.69) is 0 Å². The van der Waals surface area contributed by atoms with Crippen LogP contribution in [0.4, 0.5) is 5.69 Å². The van der Waals surface area contributed by atoms with Gasteiger partial charge in [0.2, 0.25) is 0 Å². The van der Waals surface area contributed by atoms with E-state index in [0.717, 1.165) is 17.0 Å². The molecule has 0 aromatic heterocycles. The Balaban J connectivity index is 2.53. The molecule has 2 rings (SSSR count). The lowest BCUT2D eigenvalue weighted by Crippen LogP contribution is -2.47. The third-order valence-corrected chi connectivity index (χ3v) is 6.25. The van der Waals surface area contributed by atoms with Gasteiger partial charge in [-0.2, -0.15) is 11.8 Å². The van der Waals surface area contributed by atoms with Crippen molar-refractivity contribution in [1.29, 1.82) is 0 Å². The average molecular weight is 330 g/mol. The normalized spacial score (nSPS) is 21.1. The van der Waals surface area contributed by atoms with E-state index >= 15 is 0 Å². The highest BCUT2D eigenvalue weighted by Crippen LogP contribution is 2.37. The summed E-state index contributed by atoms with van der Waals surface area (Å²) < 4.78 is 29.6. The van der Waals surface area contributed by atoms with Crippen LogP contribution in [0, 0.1) is 0 Å². The fourth-order valence-electron chi connectivity index (χ4n) is 2.63. The quantitative estimate of drug-likeness (QED) is 0.905. The van der Waals surface area contributed by atoms with Crippen LogP contribution in [0.15, 0.2) is 18.2 Å². The second-order valence-corrected chi connectivity index (χ2v) is 8.59. The summed E-state index contributed by atoms with van der Waals surface area (Å²) in [4.78, 5) is 1.95. The molecule has 0 spiro atoms. The van der Waals surface area contributed by atoms with Gasteiger partial charge >= 0.3 is 0 Å². The Hall–Kier alpha value is -0.920. The van der Waals surface area contributed by atoms with Crippen LogP contribution in [-0.2, 0) is 9.84 Å². The third kappa shape index (κ3) is 3.46. The van der Waals surface area contributed by atoms with E-state index in [1.165, 1.54) is 6.26 Å². The molecule has 2 unspecified atom stereocenters. The Labute approximate surface area is 130 Å². The molecule has 7 heteroatoms. The number of benzene rings is 1. The molecule has 1 aliphatic rings. The first-order valence-corrected chi connectivity index (χ1v) is 9.93. The zero-order valence-electron chi connectivity index (χ0n) is 12.6. The predicted molar refractivity (Wildman–Crippen MR) is 88.9 cm³/mol. The second kappa shape index (κ2) is 6.46.